The number of likely N-dealkylation sites (N-methyl/N-ethyl adjacent to an activating group) is 1. The Bertz CT molecular complexity index is 397. The van der Waals surface area contributed by atoms with Gasteiger partial charge in [-0.2, -0.15) is 0 Å². The van der Waals surface area contributed by atoms with Gasteiger partial charge < -0.3 is 10.1 Å². The summed E-state index contributed by atoms with van der Waals surface area (Å²) in [6.45, 7) is 8.65. The molecule has 0 saturated heterocycles. The number of esters is 1. The molecule has 0 spiro atoms. The highest BCUT2D eigenvalue weighted by Gasteiger charge is 2.34. The van der Waals surface area contributed by atoms with Gasteiger partial charge in [-0.25, -0.2) is 0 Å². The number of ether oxygens (including phenoxy) is 1. The summed E-state index contributed by atoms with van der Waals surface area (Å²) in [5, 5.41) is 12.1. The van der Waals surface area contributed by atoms with Crippen LogP contribution in [0.2, 0.25) is 0 Å². The number of rotatable bonds is 7. The molecule has 18 heavy (non-hydrogen) atoms. The van der Waals surface area contributed by atoms with Gasteiger partial charge in [0, 0.05) is 5.75 Å². The van der Waals surface area contributed by atoms with Crippen LogP contribution in [-0.2, 0) is 9.53 Å². The molecule has 0 aliphatic rings. The largest absolute Gasteiger partial charge is 0.465 e. The maximum absolute atomic E-state index is 12.0. The molecular formula is C11H19N3O2S2. The van der Waals surface area contributed by atoms with Crippen LogP contribution in [0, 0.1) is 6.92 Å². The molecule has 1 aromatic rings. The number of nitrogens with zero attached hydrogens (tertiary/aromatic N) is 2. The van der Waals surface area contributed by atoms with Crippen LogP contribution in [0.3, 0.4) is 0 Å². The highest BCUT2D eigenvalue weighted by atomic mass is 32.2. The summed E-state index contributed by atoms with van der Waals surface area (Å²) in [5.74, 6) is 0.356. The Balaban J connectivity index is 2.64. The molecule has 0 amide bonds. The van der Waals surface area contributed by atoms with Gasteiger partial charge in [-0.1, -0.05) is 30.0 Å². The number of aryl methyl sites for hydroxylation is 1. The normalized spacial score (nSPS) is 14.2. The van der Waals surface area contributed by atoms with Crippen molar-refractivity contribution in [1.82, 2.24) is 15.5 Å². The van der Waals surface area contributed by atoms with Crippen molar-refractivity contribution in [2.45, 2.75) is 37.6 Å². The molecule has 0 bridgehead atoms. The lowest BCUT2D eigenvalue weighted by Gasteiger charge is -2.27. The second-order valence-electron chi connectivity index (χ2n) is 3.96. The molecule has 0 aromatic carbocycles. The molecule has 0 fully saturated rings. The van der Waals surface area contributed by atoms with E-state index in [1.807, 2.05) is 27.7 Å². The zero-order chi connectivity index (χ0) is 13.6. The first-order valence-corrected chi connectivity index (χ1v) is 7.67. The fourth-order valence-corrected chi connectivity index (χ4v) is 3.33. The predicted molar refractivity (Wildman–Crippen MR) is 74.1 cm³/mol. The van der Waals surface area contributed by atoms with E-state index in [9.17, 15) is 4.79 Å². The third-order valence-corrected chi connectivity index (χ3v) is 4.57. The maximum Gasteiger partial charge on any atom is 0.326 e. The average Bonchev–Trinajstić information content (AvgIpc) is 2.73. The Hall–Kier alpha value is -0.660. The minimum absolute atomic E-state index is 0.222. The molecule has 0 saturated carbocycles. The van der Waals surface area contributed by atoms with Gasteiger partial charge in [0.1, 0.15) is 10.5 Å². The van der Waals surface area contributed by atoms with Gasteiger partial charge in [0.15, 0.2) is 4.34 Å². The number of aromatic nitrogens is 2. The summed E-state index contributed by atoms with van der Waals surface area (Å²) in [4.78, 5) is 12.0. The van der Waals surface area contributed by atoms with Crippen LogP contribution in [0.5, 0.6) is 0 Å². The molecular weight excluding hydrogens is 270 g/mol. The summed E-state index contributed by atoms with van der Waals surface area (Å²) >= 11 is 3.06. The minimum atomic E-state index is -0.686. The molecule has 1 rings (SSSR count). The van der Waals surface area contributed by atoms with E-state index in [4.69, 9.17) is 4.74 Å². The van der Waals surface area contributed by atoms with Crippen LogP contribution in [0.1, 0.15) is 25.8 Å². The quantitative estimate of drug-likeness (QED) is 0.611. The van der Waals surface area contributed by atoms with E-state index in [0.717, 1.165) is 9.35 Å². The summed E-state index contributed by atoms with van der Waals surface area (Å²) in [5.41, 5.74) is -0.686. The molecule has 0 aliphatic carbocycles. The van der Waals surface area contributed by atoms with E-state index >= 15 is 0 Å². The number of carbonyl (C=O) groups is 1. The van der Waals surface area contributed by atoms with Crippen molar-refractivity contribution in [3.8, 4) is 0 Å². The third kappa shape index (κ3) is 4.22. The van der Waals surface area contributed by atoms with Crippen molar-refractivity contribution in [3.63, 3.8) is 0 Å². The Kier molecular flexibility index (Phi) is 6.04. The smallest absolute Gasteiger partial charge is 0.326 e. The SMILES string of the molecule is CCNC(C)(CSc1nnc(C)s1)C(=O)OCC. The number of carbonyl (C=O) groups excluding carboxylic acids is 1. The standard InChI is InChI=1S/C11H19N3O2S2/c1-5-12-11(4,9(15)16-6-2)7-17-10-14-13-8(3)18-10/h12H,5-7H2,1-4H3. The minimum Gasteiger partial charge on any atom is -0.465 e. The third-order valence-electron chi connectivity index (χ3n) is 2.28. The molecule has 5 nitrogen and oxygen atoms in total. The van der Waals surface area contributed by atoms with E-state index in [1.54, 1.807) is 0 Å². The van der Waals surface area contributed by atoms with Gasteiger partial charge in [0.2, 0.25) is 0 Å². The first kappa shape index (κ1) is 15.4. The lowest BCUT2D eigenvalue weighted by molar-refractivity contribution is -0.149. The number of hydrogen-bond acceptors (Lipinski definition) is 7. The van der Waals surface area contributed by atoms with E-state index in [2.05, 4.69) is 15.5 Å². The van der Waals surface area contributed by atoms with E-state index in [-0.39, 0.29) is 5.97 Å². The lowest BCUT2D eigenvalue weighted by atomic mass is 10.1. The van der Waals surface area contributed by atoms with Crippen LogP contribution >= 0.6 is 23.1 Å². The van der Waals surface area contributed by atoms with Gasteiger partial charge in [-0.05, 0) is 27.3 Å². The highest BCUT2D eigenvalue weighted by molar-refractivity contribution is 8.01. The molecule has 0 aliphatic heterocycles. The van der Waals surface area contributed by atoms with Crippen molar-refractivity contribution in [2.75, 3.05) is 18.9 Å². The Morgan fingerprint density at radius 3 is 2.72 bits per heavy atom. The number of hydrogen-bond donors (Lipinski definition) is 1. The average molecular weight is 289 g/mol. The molecule has 1 unspecified atom stereocenters. The molecule has 1 N–H and O–H groups in total. The van der Waals surface area contributed by atoms with Gasteiger partial charge in [-0.15, -0.1) is 10.2 Å². The molecule has 0 radical (unpaired) electrons. The van der Waals surface area contributed by atoms with Crippen molar-refractivity contribution in [1.29, 1.82) is 0 Å². The summed E-state index contributed by atoms with van der Waals surface area (Å²) in [7, 11) is 0. The zero-order valence-corrected chi connectivity index (χ0v) is 12.8. The van der Waals surface area contributed by atoms with Crippen molar-refractivity contribution >= 4 is 29.1 Å². The van der Waals surface area contributed by atoms with Crippen molar-refractivity contribution < 1.29 is 9.53 Å². The monoisotopic (exact) mass is 289 g/mol. The fraction of sp³-hybridized carbons (Fsp3) is 0.727. The second-order valence-corrected chi connectivity index (χ2v) is 6.36. The van der Waals surface area contributed by atoms with Gasteiger partial charge in [-0.3, -0.25) is 4.79 Å². The maximum atomic E-state index is 12.0. The molecule has 1 aromatic heterocycles. The van der Waals surface area contributed by atoms with Gasteiger partial charge >= 0.3 is 5.97 Å². The van der Waals surface area contributed by atoms with Gasteiger partial charge in [0.05, 0.1) is 6.61 Å². The van der Waals surface area contributed by atoms with Gasteiger partial charge in [0.25, 0.3) is 0 Å². The first-order valence-electron chi connectivity index (χ1n) is 5.87. The van der Waals surface area contributed by atoms with E-state index in [0.29, 0.717) is 18.9 Å². The second kappa shape index (κ2) is 7.06. The van der Waals surface area contributed by atoms with Crippen LogP contribution in [0.25, 0.3) is 0 Å². The predicted octanol–water partition coefficient (Wildman–Crippen LogP) is 1.87. The Morgan fingerprint density at radius 2 is 2.22 bits per heavy atom. The van der Waals surface area contributed by atoms with Crippen molar-refractivity contribution in [3.05, 3.63) is 5.01 Å². The summed E-state index contributed by atoms with van der Waals surface area (Å²) in [6.07, 6.45) is 0. The van der Waals surface area contributed by atoms with Crippen LogP contribution < -0.4 is 5.32 Å². The van der Waals surface area contributed by atoms with E-state index < -0.39 is 5.54 Å². The fourth-order valence-electron chi connectivity index (χ4n) is 1.41. The topological polar surface area (TPSA) is 64.1 Å². The zero-order valence-electron chi connectivity index (χ0n) is 11.1. The lowest BCUT2D eigenvalue weighted by Crippen LogP contribution is -2.52. The highest BCUT2D eigenvalue weighted by Crippen LogP contribution is 2.26. The summed E-state index contributed by atoms with van der Waals surface area (Å²) < 4.78 is 5.98. The first-order chi connectivity index (χ1) is 8.51. The molecule has 102 valence electrons. The summed E-state index contributed by atoms with van der Waals surface area (Å²) in [6, 6.07) is 0. The molecule has 7 heteroatoms. The number of nitrogens with one attached hydrogen (secondary N) is 1. The Morgan fingerprint density at radius 1 is 1.50 bits per heavy atom. The number of thioether (sulfide) groups is 1. The van der Waals surface area contributed by atoms with Crippen LogP contribution in [0.15, 0.2) is 4.34 Å². The van der Waals surface area contributed by atoms with Crippen molar-refractivity contribution in [2.24, 2.45) is 0 Å². The Labute approximate surface area is 116 Å². The molecule has 1 heterocycles. The van der Waals surface area contributed by atoms with E-state index in [1.165, 1.54) is 23.1 Å². The molecule has 1 atom stereocenters. The van der Waals surface area contributed by atoms with Crippen LogP contribution in [-0.4, -0.2) is 40.6 Å². The van der Waals surface area contributed by atoms with Crippen LogP contribution in [0.4, 0.5) is 0 Å².